The van der Waals surface area contributed by atoms with E-state index in [-0.39, 0.29) is 0 Å². The van der Waals surface area contributed by atoms with Gasteiger partial charge in [0.2, 0.25) is 10.0 Å². The number of hydrogen-bond donors (Lipinski definition) is 1. The molecule has 0 spiro atoms. The summed E-state index contributed by atoms with van der Waals surface area (Å²) in [5, 5.41) is 4.28. The standard InChI is InChI=1S/C17H23N3O3S/c1-4-20-13(3)17(12(2)19-20)24(21,22)18-9-7-14-5-6-16-15(11-14)8-10-23-16/h5-6,11,18H,4,7-10H2,1-3H3. The molecule has 0 bridgehead atoms. The van der Waals surface area contributed by atoms with Crippen molar-refractivity contribution in [3.8, 4) is 5.75 Å². The van der Waals surface area contributed by atoms with Crippen LogP contribution in [0.1, 0.15) is 29.4 Å². The maximum absolute atomic E-state index is 12.6. The van der Waals surface area contributed by atoms with E-state index in [4.69, 9.17) is 4.74 Å². The molecule has 2 heterocycles. The number of hydrogen-bond acceptors (Lipinski definition) is 4. The lowest BCUT2D eigenvalue weighted by Crippen LogP contribution is -2.27. The van der Waals surface area contributed by atoms with Crippen molar-refractivity contribution < 1.29 is 13.2 Å². The minimum Gasteiger partial charge on any atom is -0.493 e. The van der Waals surface area contributed by atoms with Crippen LogP contribution in [0.5, 0.6) is 5.75 Å². The summed E-state index contributed by atoms with van der Waals surface area (Å²) in [6.07, 6.45) is 1.57. The molecule has 2 aromatic rings. The summed E-state index contributed by atoms with van der Waals surface area (Å²) in [4.78, 5) is 0.298. The number of nitrogens with one attached hydrogen (secondary N) is 1. The van der Waals surface area contributed by atoms with Gasteiger partial charge in [-0.25, -0.2) is 13.1 Å². The lowest BCUT2D eigenvalue weighted by molar-refractivity contribution is 0.357. The fraction of sp³-hybridized carbons (Fsp3) is 0.471. The number of rotatable bonds is 6. The quantitative estimate of drug-likeness (QED) is 0.865. The zero-order valence-electron chi connectivity index (χ0n) is 14.3. The molecular weight excluding hydrogens is 326 g/mol. The van der Waals surface area contributed by atoms with E-state index < -0.39 is 10.0 Å². The fourth-order valence-corrected chi connectivity index (χ4v) is 4.61. The molecule has 0 amide bonds. The van der Waals surface area contributed by atoms with Gasteiger partial charge < -0.3 is 4.74 Å². The molecule has 1 N–H and O–H groups in total. The molecule has 0 atom stereocenters. The molecule has 130 valence electrons. The lowest BCUT2D eigenvalue weighted by Gasteiger charge is -2.08. The number of nitrogens with zero attached hydrogens (tertiary/aromatic N) is 2. The van der Waals surface area contributed by atoms with Gasteiger partial charge >= 0.3 is 0 Å². The first-order valence-electron chi connectivity index (χ1n) is 8.20. The summed E-state index contributed by atoms with van der Waals surface area (Å²) in [5.41, 5.74) is 3.53. The van der Waals surface area contributed by atoms with Gasteiger partial charge in [-0.15, -0.1) is 0 Å². The topological polar surface area (TPSA) is 73.2 Å². The number of aryl methyl sites for hydroxylation is 2. The van der Waals surface area contributed by atoms with Crippen LogP contribution in [0.3, 0.4) is 0 Å². The Kier molecular flexibility index (Phi) is 4.64. The summed E-state index contributed by atoms with van der Waals surface area (Å²) < 4.78 is 35.1. The molecule has 3 rings (SSSR count). The molecule has 6 nitrogen and oxygen atoms in total. The minimum absolute atomic E-state index is 0.298. The van der Waals surface area contributed by atoms with Crippen LogP contribution in [-0.4, -0.2) is 31.3 Å². The molecule has 0 saturated heterocycles. The first kappa shape index (κ1) is 17.0. The Balaban J connectivity index is 1.69. The van der Waals surface area contributed by atoms with E-state index in [1.165, 1.54) is 5.56 Å². The van der Waals surface area contributed by atoms with Gasteiger partial charge in [0.25, 0.3) is 0 Å². The molecule has 0 unspecified atom stereocenters. The van der Waals surface area contributed by atoms with Crippen molar-refractivity contribution in [2.24, 2.45) is 0 Å². The smallest absolute Gasteiger partial charge is 0.244 e. The monoisotopic (exact) mass is 349 g/mol. The highest BCUT2D eigenvalue weighted by Crippen LogP contribution is 2.26. The SMILES string of the molecule is CCn1nc(C)c(S(=O)(=O)NCCc2ccc3c(c2)CCO3)c1C. The van der Waals surface area contributed by atoms with Crippen LogP contribution >= 0.6 is 0 Å². The molecule has 1 aliphatic rings. The Bertz CT molecular complexity index is 856. The van der Waals surface area contributed by atoms with Crippen molar-refractivity contribution in [2.75, 3.05) is 13.2 Å². The van der Waals surface area contributed by atoms with Gasteiger partial charge in [-0.3, -0.25) is 4.68 Å². The third-order valence-electron chi connectivity index (χ3n) is 4.34. The van der Waals surface area contributed by atoms with E-state index in [2.05, 4.69) is 15.9 Å². The zero-order valence-corrected chi connectivity index (χ0v) is 15.1. The van der Waals surface area contributed by atoms with Crippen molar-refractivity contribution in [3.05, 3.63) is 40.7 Å². The van der Waals surface area contributed by atoms with E-state index in [9.17, 15) is 8.42 Å². The average Bonchev–Trinajstić information content (AvgIpc) is 3.10. The molecule has 0 saturated carbocycles. The van der Waals surface area contributed by atoms with Crippen molar-refractivity contribution in [1.29, 1.82) is 0 Å². The Hall–Kier alpha value is -1.86. The largest absolute Gasteiger partial charge is 0.493 e. The Morgan fingerprint density at radius 3 is 2.83 bits per heavy atom. The Morgan fingerprint density at radius 1 is 1.33 bits per heavy atom. The second-order valence-corrected chi connectivity index (χ2v) is 7.71. The number of benzene rings is 1. The molecular formula is C17H23N3O3S. The van der Waals surface area contributed by atoms with Crippen LogP contribution in [0.2, 0.25) is 0 Å². The number of sulfonamides is 1. The normalized spacial score (nSPS) is 13.8. The van der Waals surface area contributed by atoms with Crippen molar-refractivity contribution in [1.82, 2.24) is 14.5 Å². The molecule has 1 aliphatic heterocycles. The van der Waals surface area contributed by atoms with Crippen LogP contribution in [0.15, 0.2) is 23.1 Å². The lowest BCUT2D eigenvalue weighted by atomic mass is 10.1. The Labute approximate surface area is 142 Å². The van der Waals surface area contributed by atoms with Crippen LogP contribution in [0.25, 0.3) is 0 Å². The first-order valence-corrected chi connectivity index (χ1v) is 9.69. The van der Waals surface area contributed by atoms with Gasteiger partial charge in [0.15, 0.2) is 0 Å². The van der Waals surface area contributed by atoms with Crippen LogP contribution in [0, 0.1) is 13.8 Å². The van der Waals surface area contributed by atoms with Gasteiger partial charge in [-0.05, 0) is 44.4 Å². The van der Waals surface area contributed by atoms with Gasteiger partial charge in [-0.2, -0.15) is 5.10 Å². The summed E-state index contributed by atoms with van der Waals surface area (Å²) in [5.74, 6) is 0.942. The second-order valence-electron chi connectivity index (χ2n) is 6.00. The van der Waals surface area contributed by atoms with Gasteiger partial charge in [0.1, 0.15) is 10.6 Å². The summed E-state index contributed by atoms with van der Waals surface area (Å²) in [7, 11) is -3.55. The van der Waals surface area contributed by atoms with Crippen LogP contribution in [0.4, 0.5) is 0 Å². The van der Waals surface area contributed by atoms with E-state index in [0.29, 0.717) is 35.8 Å². The predicted molar refractivity (Wildman–Crippen MR) is 91.9 cm³/mol. The van der Waals surface area contributed by atoms with Crippen molar-refractivity contribution >= 4 is 10.0 Å². The van der Waals surface area contributed by atoms with Gasteiger partial charge in [0.05, 0.1) is 18.0 Å². The first-order chi connectivity index (χ1) is 11.4. The minimum atomic E-state index is -3.55. The number of aromatic nitrogens is 2. The highest BCUT2D eigenvalue weighted by atomic mass is 32.2. The van der Waals surface area contributed by atoms with E-state index >= 15 is 0 Å². The molecule has 1 aromatic carbocycles. The van der Waals surface area contributed by atoms with E-state index in [1.807, 2.05) is 19.1 Å². The zero-order chi connectivity index (χ0) is 17.3. The third kappa shape index (κ3) is 3.18. The molecule has 0 fully saturated rings. The summed E-state index contributed by atoms with van der Waals surface area (Å²) in [6.45, 7) is 7.20. The van der Waals surface area contributed by atoms with E-state index in [1.54, 1.807) is 18.5 Å². The van der Waals surface area contributed by atoms with Crippen LogP contribution in [-0.2, 0) is 29.4 Å². The predicted octanol–water partition coefficient (Wildman–Crippen LogP) is 1.98. The van der Waals surface area contributed by atoms with Crippen molar-refractivity contribution in [2.45, 2.75) is 45.1 Å². The highest BCUT2D eigenvalue weighted by molar-refractivity contribution is 7.89. The molecule has 1 aromatic heterocycles. The molecule has 0 radical (unpaired) electrons. The molecule has 0 aliphatic carbocycles. The average molecular weight is 349 g/mol. The van der Waals surface area contributed by atoms with E-state index in [0.717, 1.165) is 24.3 Å². The fourth-order valence-electron chi connectivity index (χ4n) is 3.17. The summed E-state index contributed by atoms with van der Waals surface area (Å²) in [6, 6.07) is 6.05. The Morgan fingerprint density at radius 2 is 2.12 bits per heavy atom. The maximum atomic E-state index is 12.6. The van der Waals surface area contributed by atoms with Crippen molar-refractivity contribution in [3.63, 3.8) is 0 Å². The second kappa shape index (κ2) is 6.57. The van der Waals surface area contributed by atoms with Crippen LogP contribution < -0.4 is 9.46 Å². The maximum Gasteiger partial charge on any atom is 0.244 e. The number of ether oxygens (including phenoxy) is 1. The van der Waals surface area contributed by atoms with Gasteiger partial charge in [0, 0.05) is 19.5 Å². The van der Waals surface area contributed by atoms with Gasteiger partial charge in [-0.1, -0.05) is 12.1 Å². The number of fused-ring (bicyclic) bond motifs is 1. The summed E-state index contributed by atoms with van der Waals surface area (Å²) >= 11 is 0. The highest BCUT2D eigenvalue weighted by Gasteiger charge is 2.23. The molecule has 24 heavy (non-hydrogen) atoms. The third-order valence-corrected chi connectivity index (χ3v) is 6.06. The molecule has 7 heteroatoms.